The van der Waals surface area contributed by atoms with E-state index < -0.39 is 5.97 Å². The number of para-hydroxylation sites is 1. The number of carbonyl (C=O) groups excluding carboxylic acids is 1. The first kappa shape index (κ1) is 18.3. The SMILES string of the molecule is C/C(=N/NC(=O)CNc1ccccc1)c1cc(CCC(=O)O)oc1C. The highest BCUT2D eigenvalue weighted by atomic mass is 16.4. The Morgan fingerprint density at radius 3 is 2.64 bits per heavy atom. The molecular weight excluding hydrogens is 322 g/mol. The van der Waals surface area contributed by atoms with Gasteiger partial charge in [0.25, 0.3) is 5.91 Å². The van der Waals surface area contributed by atoms with Gasteiger partial charge in [0.05, 0.1) is 18.7 Å². The van der Waals surface area contributed by atoms with Crippen molar-refractivity contribution < 1.29 is 19.1 Å². The number of aryl methyl sites for hydroxylation is 2. The minimum absolute atomic E-state index is 0.00444. The molecule has 0 aliphatic heterocycles. The molecule has 0 spiro atoms. The number of nitrogens with zero attached hydrogens (tertiary/aromatic N) is 1. The van der Waals surface area contributed by atoms with Crippen LogP contribution < -0.4 is 10.7 Å². The van der Waals surface area contributed by atoms with Crippen molar-refractivity contribution in [3.63, 3.8) is 0 Å². The standard InChI is InChI=1S/C18H21N3O4/c1-12(16-10-15(25-13(16)2)8-9-18(23)24)20-21-17(22)11-19-14-6-4-3-5-7-14/h3-7,10,19H,8-9,11H2,1-2H3,(H,21,22)(H,23,24)/b20-12-. The molecule has 0 radical (unpaired) electrons. The number of aliphatic carboxylic acids is 1. The third-order valence-electron chi connectivity index (χ3n) is 3.52. The smallest absolute Gasteiger partial charge is 0.303 e. The molecule has 1 heterocycles. The van der Waals surface area contributed by atoms with E-state index in [4.69, 9.17) is 9.52 Å². The average molecular weight is 343 g/mol. The van der Waals surface area contributed by atoms with Gasteiger partial charge in [-0.3, -0.25) is 9.59 Å². The number of benzene rings is 1. The number of hydrazone groups is 1. The van der Waals surface area contributed by atoms with Crippen LogP contribution in [0.5, 0.6) is 0 Å². The van der Waals surface area contributed by atoms with Crippen molar-refractivity contribution in [1.29, 1.82) is 0 Å². The van der Waals surface area contributed by atoms with E-state index in [0.717, 1.165) is 11.3 Å². The van der Waals surface area contributed by atoms with E-state index >= 15 is 0 Å². The Kier molecular flexibility index (Phi) is 6.33. The zero-order valence-corrected chi connectivity index (χ0v) is 14.2. The quantitative estimate of drug-likeness (QED) is 0.505. The first-order valence-corrected chi connectivity index (χ1v) is 7.89. The molecule has 2 rings (SSSR count). The van der Waals surface area contributed by atoms with E-state index in [2.05, 4.69) is 15.8 Å². The Morgan fingerprint density at radius 2 is 1.96 bits per heavy atom. The highest BCUT2D eigenvalue weighted by Gasteiger charge is 2.12. The monoisotopic (exact) mass is 343 g/mol. The zero-order valence-electron chi connectivity index (χ0n) is 14.2. The number of carboxylic acids is 1. The summed E-state index contributed by atoms with van der Waals surface area (Å²) in [5, 5.41) is 15.8. The van der Waals surface area contributed by atoms with Gasteiger partial charge in [-0.1, -0.05) is 18.2 Å². The fourth-order valence-electron chi connectivity index (χ4n) is 2.24. The molecule has 0 atom stereocenters. The Bertz CT molecular complexity index is 766. The summed E-state index contributed by atoms with van der Waals surface area (Å²) in [4.78, 5) is 22.5. The summed E-state index contributed by atoms with van der Waals surface area (Å²) < 4.78 is 5.53. The Morgan fingerprint density at radius 1 is 1.24 bits per heavy atom. The van der Waals surface area contributed by atoms with Gasteiger partial charge in [0.1, 0.15) is 11.5 Å². The highest BCUT2D eigenvalue weighted by Crippen LogP contribution is 2.17. The molecule has 0 bridgehead atoms. The van der Waals surface area contributed by atoms with Crippen molar-refractivity contribution in [2.24, 2.45) is 5.10 Å². The minimum atomic E-state index is -0.876. The summed E-state index contributed by atoms with van der Waals surface area (Å²) in [6.07, 6.45) is 0.321. The van der Waals surface area contributed by atoms with Gasteiger partial charge >= 0.3 is 5.97 Å². The molecule has 2 aromatic rings. The van der Waals surface area contributed by atoms with E-state index in [1.165, 1.54) is 0 Å². The van der Waals surface area contributed by atoms with Gasteiger partial charge in [-0.05, 0) is 32.0 Å². The van der Waals surface area contributed by atoms with Crippen LogP contribution in [0.1, 0.15) is 30.4 Å². The first-order chi connectivity index (χ1) is 12.0. The van der Waals surface area contributed by atoms with Gasteiger partial charge in [-0.25, -0.2) is 5.43 Å². The molecule has 7 nitrogen and oxygen atoms in total. The maximum atomic E-state index is 11.9. The molecule has 25 heavy (non-hydrogen) atoms. The van der Waals surface area contributed by atoms with Crippen molar-refractivity contribution in [3.8, 4) is 0 Å². The fraction of sp³-hybridized carbons (Fsp3) is 0.278. The van der Waals surface area contributed by atoms with Crippen LogP contribution in [-0.2, 0) is 16.0 Å². The van der Waals surface area contributed by atoms with E-state index in [-0.39, 0.29) is 18.9 Å². The van der Waals surface area contributed by atoms with Crippen LogP contribution in [0.3, 0.4) is 0 Å². The highest BCUT2D eigenvalue weighted by molar-refractivity contribution is 6.00. The van der Waals surface area contributed by atoms with Crippen molar-refractivity contribution in [2.45, 2.75) is 26.7 Å². The molecule has 0 saturated heterocycles. The normalized spacial score (nSPS) is 11.2. The summed E-state index contributed by atoms with van der Waals surface area (Å²) in [7, 11) is 0. The van der Waals surface area contributed by atoms with Gasteiger partial charge in [0, 0.05) is 17.7 Å². The molecule has 3 N–H and O–H groups in total. The lowest BCUT2D eigenvalue weighted by atomic mass is 10.1. The largest absolute Gasteiger partial charge is 0.481 e. The number of carbonyl (C=O) groups is 2. The number of anilines is 1. The maximum Gasteiger partial charge on any atom is 0.303 e. The lowest BCUT2D eigenvalue weighted by Crippen LogP contribution is -2.26. The van der Waals surface area contributed by atoms with Crippen LogP contribution in [-0.4, -0.2) is 29.2 Å². The minimum Gasteiger partial charge on any atom is -0.481 e. The molecule has 1 aromatic heterocycles. The van der Waals surface area contributed by atoms with Gasteiger partial charge in [-0.15, -0.1) is 0 Å². The number of hydrogen-bond acceptors (Lipinski definition) is 5. The second-order valence-corrected chi connectivity index (χ2v) is 5.53. The van der Waals surface area contributed by atoms with E-state index in [0.29, 0.717) is 23.7 Å². The summed E-state index contributed by atoms with van der Waals surface area (Å²) in [5.74, 6) is 0.0782. The molecule has 7 heteroatoms. The lowest BCUT2D eigenvalue weighted by molar-refractivity contribution is -0.137. The van der Waals surface area contributed by atoms with Crippen molar-refractivity contribution in [2.75, 3.05) is 11.9 Å². The van der Waals surface area contributed by atoms with Gasteiger partial charge < -0.3 is 14.8 Å². The summed E-state index contributed by atoms with van der Waals surface area (Å²) >= 11 is 0. The van der Waals surface area contributed by atoms with Crippen LogP contribution in [0, 0.1) is 6.92 Å². The third kappa shape index (κ3) is 5.80. The predicted molar refractivity (Wildman–Crippen MR) is 94.7 cm³/mol. The molecule has 0 unspecified atom stereocenters. The van der Waals surface area contributed by atoms with Crippen LogP contribution in [0.25, 0.3) is 0 Å². The third-order valence-corrected chi connectivity index (χ3v) is 3.52. The molecule has 0 saturated carbocycles. The topological polar surface area (TPSA) is 104 Å². The second-order valence-electron chi connectivity index (χ2n) is 5.53. The summed E-state index contributed by atoms with van der Waals surface area (Å²) in [5.41, 5.74) is 4.68. The van der Waals surface area contributed by atoms with Crippen molar-refractivity contribution in [1.82, 2.24) is 5.43 Å². The fourth-order valence-corrected chi connectivity index (χ4v) is 2.24. The number of hydrogen-bond donors (Lipinski definition) is 3. The Hall–Kier alpha value is -3.09. The number of amides is 1. The summed E-state index contributed by atoms with van der Waals surface area (Å²) in [6.45, 7) is 3.64. The molecular formula is C18H21N3O4. The maximum absolute atomic E-state index is 11.9. The van der Waals surface area contributed by atoms with Crippen LogP contribution in [0.4, 0.5) is 5.69 Å². The first-order valence-electron chi connectivity index (χ1n) is 7.89. The van der Waals surface area contributed by atoms with Gasteiger partial charge in [0.15, 0.2) is 0 Å². The Labute approximate surface area is 145 Å². The van der Waals surface area contributed by atoms with Gasteiger partial charge in [-0.2, -0.15) is 5.10 Å². The molecule has 0 fully saturated rings. The average Bonchev–Trinajstić information content (AvgIpc) is 2.98. The van der Waals surface area contributed by atoms with E-state index in [9.17, 15) is 9.59 Å². The van der Waals surface area contributed by atoms with Crippen molar-refractivity contribution in [3.05, 3.63) is 53.5 Å². The molecule has 1 amide bonds. The number of carboxylic acid groups (broad SMARTS) is 1. The molecule has 0 aliphatic carbocycles. The van der Waals surface area contributed by atoms with E-state index in [1.807, 2.05) is 30.3 Å². The second kappa shape index (κ2) is 8.68. The Balaban J connectivity index is 1.90. The van der Waals surface area contributed by atoms with E-state index in [1.54, 1.807) is 19.9 Å². The lowest BCUT2D eigenvalue weighted by Gasteiger charge is -2.05. The number of furan rings is 1. The predicted octanol–water partition coefficient (Wildman–Crippen LogP) is 2.56. The zero-order chi connectivity index (χ0) is 18.2. The molecule has 0 aliphatic rings. The number of nitrogens with one attached hydrogen (secondary N) is 2. The van der Waals surface area contributed by atoms with Crippen molar-refractivity contribution >= 4 is 23.3 Å². The molecule has 1 aromatic carbocycles. The van der Waals surface area contributed by atoms with Crippen LogP contribution in [0.15, 0.2) is 45.9 Å². The summed E-state index contributed by atoms with van der Waals surface area (Å²) in [6, 6.07) is 11.2. The number of rotatable bonds is 8. The van der Waals surface area contributed by atoms with Crippen LogP contribution in [0.2, 0.25) is 0 Å². The van der Waals surface area contributed by atoms with Crippen LogP contribution >= 0.6 is 0 Å². The molecule has 132 valence electrons. The van der Waals surface area contributed by atoms with Gasteiger partial charge in [0.2, 0.25) is 0 Å².